The lowest BCUT2D eigenvalue weighted by atomic mass is 10.0. The molecule has 0 bridgehead atoms. The van der Waals surface area contributed by atoms with Gasteiger partial charge in [0.15, 0.2) is 0 Å². The molecule has 1 N–H and O–H groups in total. The summed E-state index contributed by atoms with van der Waals surface area (Å²) in [5.74, 6) is 0.648. The fourth-order valence-corrected chi connectivity index (χ4v) is 1.89. The van der Waals surface area contributed by atoms with Crippen LogP contribution < -0.4 is 4.74 Å². The summed E-state index contributed by atoms with van der Waals surface area (Å²) in [5.41, 5.74) is 1.04. The third kappa shape index (κ3) is 3.60. The molecule has 0 unspecified atom stereocenters. The Morgan fingerprint density at radius 1 is 1.30 bits per heavy atom. The average Bonchev–Trinajstić information content (AvgIpc) is 2.42. The largest absolute Gasteiger partial charge is 0.497 e. The zero-order valence-corrected chi connectivity index (χ0v) is 10.8. The molecule has 0 spiro atoms. The summed E-state index contributed by atoms with van der Waals surface area (Å²) in [6.07, 6.45) is -5.43. The van der Waals surface area contributed by atoms with Crippen LogP contribution in [0.4, 0.5) is 13.2 Å². The van der Waals surface area contributed by atoms with Crippen molar-refractivity contribution in [2.75, 3.05) is 7.11 Å². The minimum absolute atomic E-state index is 0.368. The van der Waals surface area contributed by atoms with Gasteiger partial charge >= 0.3 is 6.18 Å². The molecule has 0 fully saturated rings. The van der Waals surface area contributed by atoms with Gasteiger partial charge < -0.3 is 9.84 Å². The van der Waals surface area contributed by atoms with Crippen molar-refractivity contribution in [1.29, 1.82) is 0 Å². The fraction of sp³-hybridized carbons (Fsp3) is 0.357. The fourth-order valence-electron chi connectivity index (χ4n) is 1.89. The number of ether oxygens (including phenoxy) is 1. The van der Waals surface area contributed by atoms with E-state index in [0.29, 0.717) is 16.8 Å². The van der Waals surface area contributed by atoms with Crippen LogP contribution in [0, 0.1) is 0 Å². The zero-order chi connectivity index (χ0) is 14.8. The molecule has 20 heavy (non-hydrogen) atoms. The first-order valence-corrected chi connectivity index (χ1v) is 6.07. The molecular formula is C14H14F3NO2. The van der Waals surface area contributed by atoms with Crippen LogP contribution in [0.2, 0.25) is 0 Å². The van der Waals surface area contributed by atoms with Gasteiger partial charge in [0, 0.05) is 24.1 Å². The highest BCUT2D eigenvalue weighted by Crippen LogP contribution is 2.28. The van der Waals surface area contributed by atoms with Crippen LogP contribution in [-0.2, 0) is 0 Å². The molecule has 1 heterocycles. The molecule has 1 aromatic heterocycles. The second-order valence-electron chi connectivity index (χ2n) is 4.50. The molecule has 1 aromatic carbocycles. The van der Waals surface area contributed by atoms with Crippen LogP contribution in [0.3, 0.4) is 0 Å². The number of halogens is 3. The van der Waals surface area contributed by atoms with E-state index in [1.165, 1.54) is 13.3 Å². The maximum Gasteiger partial charge on any atom is 0.389 e. The van der Waals surface area contributed by atoms with Gasteiger partial charge in [-0.2, -0.15) is 13.2 Å². The number of nitrogens with zero attached hydrogens (tertiary/aromatic N) is 1. The highest BCUT2D eigenvalue weighted by atomic mass is 19.4. The van der Waals surface area contributed by atoms with E-state index in [2.05, 4.69) is 4.98 Å². The zero-order valence-electron chi connectivity index (χ0n) is 10.8. The molecule has 0 aliphatic rings. The maximum absolute atomic E-state index is 12.1. The first-order chi connectivity index (χ1) is 9.39. The summed E-state index contributed by atoms with van der Waals surface area (Å²) in [7, 11) is 1.54. The smallest absolute Gasteiger partial charge is 0.389 e. The molecule has 0 saturated heterocycles. The van der Waals surface area contributed by atoms with E-state index in [1.54, 1.807) is 24.3 Å². The number of alkyl halides is 3. The molecular weight excluding hydrogens is 271 g/mol. The monoisotopic (exact) mass is 285 g/mol. The molecule has 108 valence electrons. The van der Waals surface area contributed by atoms with Crippen molar-refractivity contribution in [2.24, 2.45) is 0 Å². The number of aliphatic hydroxyl groups is 1. The molecule has 0 aliphatic carbocycles. The second kappa shape index (κ2) is 5.66. The Hall–Kier alpha value is -1.82. The summed E-state index contributed by atoms with van der Waals surface area (Å²) in [6.45, 7) is 0. The van der Waals surface area contributed by atoms with Gasteiger partial charge in [0.1, 0.15) is 5.75 Å². The molecule has 0 amide bonds. The van der Waals surface area contributed by atoms with E-state index in [0.717, 1.165) is 5.39 Å². The standard InChI is InChI=1S/C14H14F3NO2/c1-20-11-3-2-9-6-10(8-18-12(9)7-11)13(19)4-5-14(15,16)17/h2-3,6-8,13,19H,4-5H2,1H3/t13-/m0/s1. The summed E-state index contributed by atoms with van der Waals surface area (Å²) < 4.78 is 41.4. The topological polar surface area (TPSA) is 42.4 Å². The Bertz CT molecular complexity index is 598. The number of pyridine rings is 1. The Balaban J connectivity index is 2.19. The normalized spacial score (nSPS) is 13.4. The number of rotatable bonds is 4. The maximum atomic E-state index is 12.1. The average molecular weight is 285 g/mol. The first kappa shape index (κ1) is 14.6. The van der Waals surface area contributed by atoms with Gasteiger partial charge in [-0.1, -0.05) is 0 Å². The highest BCUT2D eigenvalue weighted by molar-refractivity contribution is 5.80. The number of methoxy groups -OCH3 is 1. The van der Waals surface area contributed by atoms with Crippen LogP contribution in [0.25, 0.3) is 10.9 Å². The number of hydrogen-bond donors (Lipinski definition) is 1. The predicted molar refractivity (Wildman–Crippen MR) is 68.5 cm³/mol. The lowest BCUT2D eigenvalue weighted by Gasteiger charge is -2.13. The number of fused-ring (bicyclic) bond motifs is 1. The number of hydrogen-bond acceptors (Lipinski definition) is 3. The van der Waals surface area contributed by atoms with E-state index in [1.807, 2.05) is 0 Å². The first-order valence-electron chi connectivity index (χ1n) is 6.07. The predicted octanol–water partition coefficient (Wildman–Crippen LogP) is 3.62. The van der Waals surface area contributed by atoms with Gasteiger partial charge in [0.05, 0.1) is 18.7 Å². The van der Waals surface area contributed by atoms with Crippen molar-refractivity contribution >= 4 is 10.9 Å². The van der Waals surface area contributed by atoms with Gasteiger partial charge in [-0.3, -0.25) is 4.98 Å². The second-order valence-corrected chi connectivity index (χ2v) is 4.50. The quantitative estimate of drug-likeness (QED) is 0.933. The van der Waals surface area contributed by atoms with E-state index >= 15 is 0 Å². The van der Waals surface area contributed by atoms with Gasteiger partial charge in [-0.15, -0.1) is 0 Å². The Labute approximate surface area is 114 Å². The van der Waals surface area contributed by atoms with Crippen molar-refractivity contribution in [3.05, 3.63) is 36.0 Å². The summed E-state index contributed by atoms with van der Waals surface area (Å²) in [5, 5.41) is 10.5. The van der Waals surface area contributed by atoms with Crippen molar-refractivity contribution in [3.63, 3.8) is 0 Å². The number of benzene rings is 1. The van der Waals surface area contributed by atoms with Gasteiger partial charge in [-0.25, -0.2) is 0 Å². The third-order valence-corrected chi connectivity index (χ3v) is 3.00. The van der Waals surface area contributed by atoms with Crippen LogP contribution in [0.5, 0.6) is 5.75 Å². The van der Waals surface area contributed by atoms with Crippen molar-refractivity contribution in [2.45, 2.75) is 25.1 Å². The molecule has 2 aromatic rings. The minimum atomic E-state index is -4.27. The Morgan fingerprint density at radius 2 is 2.05 bits per heavy atom. The van der Waals surface area contributed by atoms with Crippen molar-refractivity contribution < 1.29 is 23.0 Å². The number of aliphatic hydroxyl groups excluding tert-OH is 1. The van der Waals surface area contributed by atoms with Crippen LogP contribution in [0.15, 0.2) is 30.5 Å². The van der Waals surface area contributed by atoms with E-state index < -0.39 is 18.7 Å². The molecule has 2 rings (SSSR count). The Morgan fingerprint density at radius 3 is 2.70 bits per heavy atom. The van der Waals surface area contributed by atoms with E-state index in [4.69, 9.17) is 4.74 Å². The lowest BCUT2D eigenvalue weighted by molar-refractivity contribution is -0.140. The Kier molecular flexibility index (Phi) is 4.13. The van der Waals surface area contributed by atoms with Gasteiger partial charge in [0.25, 0.3) is 0 Å². The minimum Gasteiger partial charge on any atom is -0.497 e. The molecule has 6 heteroatoms. The summed E-state index contributed by atoms with van der Waals surface area (Å²) >= 11 is 0. The molecule has 1 atom stereocenters. The van der Waals surface area contributed by atoms with Crippen molar-refractivity contribution in [3.8, 4) is 5.75 Å². The summed E-state index contributed by atoms with van der Waals surface area (Å²) in [6, 6.07) is 6.85. The van der Waals surface area contributed by atoms with Crippen LogP contribution >= 0.6 is 0 Å². The van der Waals surface area contributed by atoms with Gasteiger partial charge in [0.2, 0.25) is 0 Å². The number of aromatic nitrogens is 1. The lowest BCUT2D eigenvalue weighted by Crippen LogP contribution is -2.10. The summed E-state index contributed by atoms with van der Waals surface area (Å²) in [4.78, 5) is 4.13. The molecule has 0 radical (unpaired) electrons. The third-order valence-electron chi connectivity index (χ3n) is 3.00. The van der Waals surface area contributed by atoms with Crippen LogP contribution in [0.1, 0.15) is 24.5 Å². The van der Waals surface area contributed by atoms with Crippen LogP contribution in [-0.4, -0.2) is 23.4 Å². The SMILES string of the molecule is COc1ccc2cc([C@@H](O)CCC(F)(F)F)cnc2c1. The van der Waals surface area contributed by atoms with Gasteiger partial charge in [-0.05, 0) is 30.2 Å². The van der Waals surface area contributed by atoms with Crippen molar-refractivity contribution in [1.82, 2.24) is 4.98 Å². The van der Waals surface area contributed by atoms with E-state index in [9.17, 15) is 18.3 Å². The molecule has 0 aliphatic heterocycles. The van der Waals surface area contributed by atoms with E-state index in [-0.39, 0.29) is 6.42 Å². The molecule has 0 saturated carbocycles. The molecule has 3 nitrogen and oxygen atoms in total. The highest BCUT2D eigenvalue weighted by Gasteiger charge is 2.28.